The largest absolute Gasteiger partial charge is 0.497 e. The van der Waals surface area contributed by atoms with Crippen LogP contribution in [0.5, 0.6) is 11.5 Å². The van der Waals surface area contributed by atoms with E-state index in [1.54, 1.807) is 14.2 Å². The molecule has 3 N–H and O–H groups in total. The third-order valence-electron chi connectivity index (χ3n) is 7.99. The summed E-state index contributed by atoms with van der Waals surface area (Å²) in [7, 11) is 4.70. The molecule has 1 aliphatic heterocycles. The number of aliphatic hydroxyl groups excluding tert-OH is 1. The highest BCUT2D eigenvalue weighted by molar-refractivity contribution is 5.75. The average Bonchev–Trinajstić information content (AvgIpc) is 3.40. The Balaban J connectivity index is 1.54. The van der Waals surface area contributed by atoms with Crippen LogP contribution in [0.2, 0.25) is 0 Å². The van der Waals surface area contributed by atoms with Crippen LogP contribution >= 0.6 is 0 Å². The summed E-state index contributed by atoms with van der Waals surface area (Å²) >= 11 is 0. The van der Waals surface area contributed by atoms with E-state index in [0.717, 1.165) is 21.3 Å². The zero-order valence-corrected chi connectivity index (χ0v) is 25.8. The number of aliphatic hydroxyl groups is 1. The molecule has 1 aliphatic rings. The first-order valence-electron chi connectivity index (χ1n) is 14.8. The number of carbonyl (C=O) groups excluding carboxylic acids is 1. The second-order valence-corrected chi connectivity index (χ2v) is 10.6. The van der Waals surface area contributed by atoms with Gasteiger partial charge in [0.25, 0.3) is 5.56 Å². The maximum absolute atomic E-state index is 12.8. The number of amides is 1. The van der Waals surface area contributed by atoms with Gasteiger partial charge in [0, 0.05) is 25.7 Å². The number of carbonyl (C=O) groups is 1. The Kier molecular flexibility index (Phi) is 10.3. The van der Waals surface area contributed by atoms with Gasteiger partial charge in [0.15, 0.2) is 6.23 Å². The van der Waals surface area contributed by atoms with Crippen molar-refractivity contribution in [3.05, 3.63) is 129 Å². The smallest absolute Gasteiger partial charge is 0.330 e. The predicted octanol–water partition coefficient (Wildman–Crippen LogP) is 2.34. The van der Waals surface area contributed by atoms with E-state index in [1.807, 2.05) is 78.9 Å². The van der Waals surface area contributed by atoms with Gasteiger partial charge >= 0.3 is 5.69 Å². The first-order chi connectivity index (χ1) is 22.3. The highest BCUT2D eigenvalue weighted by Gasteiger charge is 2.48. The topological polar surface area (TPSA) is 150 Å². The second kappa shape index (κ2) is 14.6. The van der Waals surface area contributed by atoms with Crippen molar-refractivity contribution in [2.24, 2.45) is 0 Å². The quantitative estimate of drug-likeness (QED) is 0.189. The molecule has 0 radical (unpaired) electrons. The highest BCUT2D eigenvalue weighted by atomic mass is 16.6. The summed E-state index contributed by atoms with van der Waals surface area (Å²) in [6, 6.07) is 25.8. The first-order valence-corrected chi connectivity index (χ1v) is 14.8. The number of H-pyrrole nitrogens is 1. The summed E-state index contributed by atoms with van der Waals surface area (Å²) in [6.07, 6.45) is -3.12. The van der Waals surface area contributed by atoms with Crippen molar-refractivity contribution in [3.63, 3.8) is 0 Å². The molecule has 2 heterocycles. The SMILES string of the molecule is CNC(=O)CCOC1C(O)[C@H](COC(c2ccccc2)(c2ccc(OC)cc2)c2ccc(OC)cc2)O[C@@H]1n1ccc(=O)[nH]c1=O. The minimum Gasteiger partial charge on any atom is -0.497 e. The van der Waals surface area contributed by atoms with Gasteiger partial charge in [-0.1, -0.05) is 54.6 Å². The lowest BCUT2D eigenvalue weighted by atomic mass is 9.80. The van der Waals surface area contributed by atoms with Gasteiger partial charge in [-0.2, -0.15) is 0 Å². The Labute approximate surface area is 265 Å². The fraction of sp³-hybridized carbons (Fsp3) is 0.324. The van der Waals surface area contributed by atoms with Gasteiger partial charge in [-0.3, -0.25) is 19.1 Å². The molecule has 4 aromatic rings. The van der Waals surface area contributed by atoms with Crippen LogP contribution in [-0.2, 0) is 24.6 Å². The second-order valence-electron chi connectivity index (χ2n) is 10.6. The third-order valence-corrected chi connectivity index (χ3v) is 7.99. The van der Waals surface area contributed by atoms with Crippen molar-refractivity contribution >= 4 is 5.91 Å². The molecule has 1 aromatic heterocycles. The van der Waals surface area contributed by atoms with E-state index < -0.39 is 41.4 Å². The van der Waals surface area contributed by atoms with Gasteiger partial charge in [0.1, 0.15) is 35.4 Å². The van der Waals surface area contributed by atoms with Crippen molar-refractivity contribution in [1.82, 2.24) is 14.9 Å². The van der Waals surface area contributed by atoms with Gasteiger partial charge in [-0.25, -0.2) is 4.79 Å². The lowest BCUT2D eigenvalue weighted by Crippen LogP contribution is -2.41. The molecule has 12 heteroatoms. The number of hydrogen-bond donors (Lipinski definition) is 3. The molecule has 0 spiro atoms. The number of nitrogens with zero attached hydrogens (tertiary/aromatic N) is 1. The number of hydrogen-bond acceptors (Lipinski definition) is 9. The number of nitrogens with one attached hydrogen (secondary N) is 2. The van der Waals surface area contributed by atoms with E-state index in [9.17, 15) is 19.5 Å². The van der Waals surface area contributed by atoms with Gasteiger partial charge in [0.05, 0.1) is 27.4 Å². The van der Waals surface area contributed by atoms with Crippen molar-refractivity contribution in [3.8, 4) is 11.5 Å². The third kappa shape index (κ3) is 6.75. The number of ether oxygens (including phenoxy) is 5. The molecule has 1 amide bonds. The summed E-state index contributed by atoms with van der Waals surface area (Å²) in [6.45, 7) is -0.184. The normalized spacial score (nSPS) is 19.5. The van der Waals surface area contributed by atoms with E-state index in [1.165, 1.54) is 19.3 Å². The van der Waals surface area contributed by atoms with Crippen LogP contribution in [0.3, 0.4) is 0 Å². The number of aromatic nitrogens is 2. The van der Waals surface area contributed by atoms with Gasteiger partial charge < -0.3 is 34.1 Å². The molecule has 46 heavy (non-hydrogen) atoms. The summed E-state index contributed by atoms with van der Waals surface area (Å²) < 4.78 is 31.1. The lowest BCUT2D eigenvalue weighted by molar-refractivity contribution is -0.124. The van der Waals surface area contributed by atoms with Crippen LogP contribution in [0.1, 0.15) is 29.3 Å². The number of rotatable bonds is 13. The van der Waals surface area contributed by atoms with Gasteiger partial charge in [0.2, 0.25) is 5.91 Å². The lowest BCUT2D eigenvalue weighted by Gasteiger charge is -2.37. The van der Waals surface area contributed by atoms with Crippen LogP contribution in [-0.4, -0.2) is 73.4 Å². The van der Waals surface area contributed by atoms with Crippen molar-refractivity contribution in [1.29, 1.82) is 0 Å². The average molecular weight is 632 g/mol. The molecule has 1 saturated heterocycles. The van der Waals surface area contributed by atoms with E-state index in [0.29, 0.717) is 11.5 Å². The first kappa shape index (κ1) is 32.6. The number of aromatic amines is 1. The Hall–Kier alpha value is -4.75. The predicted molar refractivity (Wildman–Crippen MR) is 168 cm³/mol. The van der Waals surface area contributed by atoms with Crippen LogP contribution < -0.4 is 26.0 Å². The molecule has 3 aromatic carbocycles. The molecule has 5 rings (SSSR count). The van der Waals surface area contributed by atoms with Crippen LogP contribution in [0.4, 0.5) is 0 Å². The fourth-order valence-corrected chi connectivity index (χ4v) is 5.58. The summed E-state index contributed by atoms with van der Waals surface area (Å²) in [4.78, 5) is 38.6. The molecule has 0 aliphatic carbocycles. The zero-order valence-electron chi connectivity index (χ0n) is 25.8. The van der Waals surface area contributed by atoms with Crippen LogP contribution in [0.15, 0.2) is 101 Å². The van der Waals surface area contributed by atoms with E-state index in [4.69, 9.17) is 23.7 Å². The van der Waals surface area contributed by atoms with Crippen molar-refractivity contribution in [2.45, 2.75) is 36.6 Å². The highest BCUT2D eigenvalue weighted by Crippen LogP contribution is 2.43. The molecule has 0 bridgehead atoms. The summed E-state index contributed by atoms with van der Waals surface area (Å²) in [5.41, 5.74) is -0.132. The molecular weight excluding hydrogens is 594 g/mol. The standard InChI is InChI=1S/C34H37N3O9/c1-35-28(38)18-20-44-31-30(40)27(46-32(31)37-19-17-29(39)36-33(37)41)21-45-34(22-7-5-4-6-8-22,23-9-13-25(42-2)14-10-23)24-11-15-26(43-3)16-12-24/h4-17,19,27,30-32,40H,18,20-21H2,1-3H3,(H,35,38)(H,36,39,41)/t27-,30?,31?,32-/m0/s1. The molecule has 0 saturated carbocycles. The van der Waals surface area contributed by atoms with Gasteiger partial charge in [-0.05, 0) is 41.0 Å². The summed E-state index contributed by atoms with van der Waals surface area (Å²) in [5, 5.41) is 14.1. The summed E-state index contributed by atoms with van der Waals surface area (Å²) in [5.74, 6) is 1.08. The van der Waals surface area contributed by atoms with Crippen molar-refractivity contribution in [2.75, 3.05) is 34.5 Å². The monoisotopic (exact) mass is 631 g/mol. The Bertz CT molecular complexity index is 1660. The maximum Gasteiger partial charge on any atom is 0.330 e. The Morgan fingerprint density at radius 2 is 1.50 bits per heavy atom. The molecule has 4 atom stereocenters. The van der Waals surface area contributed by atoms with Crippen LogP contribution in [0, 0.1) is 0 Å². The number of methoxy groups -OCH3 is 2. The fourth-order valence-electron chi connectivity index (χ4n) is 5.58. The number of benzene rings is 3. The van der Waals surface area contributed by atoms with E-state index in [2.05, 4.69) is 10.3 Å². The molecule has 242 valence electrons. The maximum atomic E-state index is 12.8. The van der Waals surface area contributed by atoms with E-state index in [-0.39, 0.29) is 25.5 Å². The van der Waals surface area contributed by atoms with E-state index >= 15 is 0 Å². The molecular formula is C34H37N3O9. The molecule has 2 unspecified atom stereocenters. The van der Waals surface area contributed by atoms with Crippen molar-refractivity contribution < 1.29 is 33.6 Å². The zero-order chi connectivity index (χ0) is 32.7. The minimum atomic E-state index is -1.27. The Morgan fingerprint density at radius 3 is 2.04 bits per heavy atom. The van der Waals surface area contributed by atoms with Crippen LogP contribution in [0.25, 0.3) is 0 Å². The van der Waals surface area contributed by atoms with Gasteiger partial charge in [-0.15, -0.1) is 0 Å². The molecule has 12 nitrogen and oxygen atoms in total. The minimum absolute atomic E-state index is 0.0280. The molecule has 1 fully saturated rings. The Morgan fingerprint density at radius 1 is 0.913 bits per heavy atom.